The van der Waals surface area contributed by atoms with Gasteiger partial charge < -0.3 is 14.6 Å². The first-order valence-electron chi connectivity index (χ1n) is 8.66. The van der Waals surface area contributed by atoms with E-state index in [-0.39, 0.29) is 51.2 Å². The number of aromatic carboxylic acids is 1. The van der Waals surface area contributed by atoms with Crippen LogP contribution < -0.4 is 0 Å². The number of halogens is 2. The molecule has 30 heavy (non-hydrogen) atoms. The number of aromatic nitrogens is 3. The van der Waals surface area contributed by atoms with E-state index < -0.39 is 30.1 Å². The zero-order valence-corrected chi connectivity index (χ0v) is 17.5. The first kappa shape index (κ1) is 22.1. The van der Waals surface area contributed by atoms with Crippen molar-refractivity contribution < 1.29 is 49.2 Å². The molecule has 0 saturated carbocycles. The maximum atomic E-state index is 14.0. The Bertz CT molecular complexity index is 1070. The van der Waals surface area contributed by atoms with Gasteiger partial charge in [-0.2, -0.15) is 0 Å². The number of pyridine rings is 3. The van der Waals surface area contributed by atoms with E-state index in [1.807, 2.05) is 0 Å². The number of rotatable bonds is 4. The second-order valence-electron chi connectivity index (χ2n) is 6.24. The molecular formula is C20H14F2N3O4Pt-. The van der Waals surface area contributed by atoms with Crippen molar-refractivity contribution in [1.29, 1.82) is 0 Å². The summed E-state index contributed by atoms with van der Waals surface area (Å²) in [4.78, 5) is 22.7. The topological polar surface area (TPSA) is 94.4 Å². The van der Waals surface area contributed by atoms with Crippen molar-refractivity contribution in [1.82, 2.24) is 15.0 Å². The predicted octanol–water partition coefficient (Wildman–Crippen LogP) is 3.14. The van der Waals surface area contributed by atoms with Crippen LogP contribution in [0.5, 0.6) is 0 Å². The summed E-state index contributed by atoms with van der Waals surface area (Å²) >= 11 is 0. The van der Waals surface area contributed by atoms with Crippen molar-refractivity contribution in [3.05, 3.63) is 77.5 Å². The Labute approximate surface area is 184 Å². The Hall–Kier alpha value is -2.61. The van der Waals surface area contributed by atoms with Crippen LogP contribution in [0.25, 0.3) is 11.3 Å². The molecule has 7 nitrogen and oxygen atoms in total. The fourth-order valence-electron chi connectivity index (χ4n) is 2.94. The van der Waals surface area contributed by atoms with Crippen LogP contribution in [-0.4, -0.2) is 39.2 Å². The number of nitrogens with zero attached hydrogens (tertiary/aromatic N) is 3. The van der Waals surface area contributed by atoms with Gasteiger partial charge in [-0.05, 0) is 23.9 Å². The molecule has 0 bridgehead atoms. The molecule has 1 aliphatic rings. The Morgan fingerprint density at radius 2 is 1.70 bits per heavy atom. The number of carbonyl (C=O) groups is 1. The molecule has 4 heterocycles. The first-order valence-corrected chi connectivity index (χ1v) is 8.66. The van der Waals surface area contributed by atoms with Crippen LogP contribution in [0, 0.1) is 18.0 Å². The van der Waals surface area contributed by atoms with Crippen molar-refractivity contribution in [3.63, 3.8) is 0 Å². The molecule has 1 fully saturated rings. The van der Waals surface area contributed by atoms with Gasteiger partial charge >= 0.3 is 5.97 Å². The molecule has 4 rings (SSSR count). The second-order valence-corrected chi connectivity index (χ2v) is 6.24. The van der Waals surface area contributed by atoms with Gasteiger partial charge in [0.15, 0.2) is 0 Å². The van der Waals surface area contributed by atoms with Crippen molar-refractivity contribution in [2.24, 2.45) is 0 Å². The molecule has 0 aromatic carbocycles. The molecular weight excluding hydrogens is 579 g/mol. The second kappa shape index (κ2) is 9.47. The van der Waals surface area contributed by atoms with E-state index >= 15 is 0 Å². The smallest absolute Gasteiger partial charge is 0.354 e. The largest absolute Gasteiger partial charge is 0.477 e. The Balaban J connectivity index is 0.00000256. The molecule has 1 saturated heterocycles. The maximum absolute atomic E-state index is 14.0. The molecule has 0 amide bonds. The zero-order valence-electron chi connectivity index (χ0n) is 15.2. The number of carboxylic acid groups (broad SMARTS) is 1. The summed E-state index contributed by atoms with van der Waals surface area (Å²) in [6.07, 6.45) is -1.17. The van der Waals surface area contributed by atoms with Gasteiger partial charge in [0.1, 0.15) is 29.8 Å². The first-order chi connectivity index (χ1) is 14.0. The fourth-order valence-corrected chi connectivity index (χ4v) is 2.94. The average Bonchev–Trinajstić information content (AvgIpc) is 2.74. The Morgan fingerprint density at radius 1 is 1.03 bits per heavy atom. The average molecular weight is 593 g/mol. The Morgan fingerprint density at radius 3 is 2.37 bits per heavy atom. The Kier molecular flexibility index (Phi) is 6.97. The zero-order chi connectivity index (χ0) is 20.4. The molecule has 0 radical (unpaired) electrons. The van der Waals surface area contributed by atoms with Crippen molar-refractivity contribution in [2.45, 2.75) is 12.2 Å². The number of ether oxygens (including phenoxy) is 2. The van der Waals surface area contributed by atoms with E-state index in [0.717, 1.165) is 6.07 Å². The molecule has 2 atom stereocenters. The molecule has 0 aliphatic carbocycles. The van der Waals surface area contributed by atoms with Crippen LogP contribution in [0.3, 0.4) is 0 Å². The minimum Gasteiger partial charge on any atom is -0.477 e. The molecule has 158 valence electrons. The van der Waals surface area contributed by atoms with E-state index in [1.165, 1.54) is 6.07 Å². The van der Waals surface area contributed by atoms with Crippen LogP contribution in [0.4, 0.5) is 8.78 Å². The van der Waals surface area contributed by atoms with Gasteiger partial charge in [-0.15, -0.1) is 6.07 Å². The van der Waals surface area contributed by atoms with Crippen LogP contribution in [0.15, 0.2) is 42.5 Å². The van der Waals surface area contributed by atoms with Gasteiger partial charge in [-0.3, -0.25) is 9.97 Å². The quantitative estimate of drug-likeness (QED) is 0.367. The van der Waals surface area contributed by atoms with Crippen LogP contribution >= 0.6 is 0 Å². The van der Waals surface area contributed by atoms with Crippen molar-refractivity contribution >= 4 is 5.97 Å². The predicted molar refractivity (Wildman–Crippen MR) is 94.8 cm³/mol. The monoisotopic (exact) mass is 593 g/mol. The van der Waals surface area contributed by atoms with Gasteiger partial charge in [0, 0.05) is 21.1 Å². The third kappa shape index (κ3) is 4.75. The van der Waals surface area contributed by atoms with Crippen LogP contribution in [0.2, 0.25) is 0 Å². The maximum Gasteiger partial charge on any atom is 0.354 e. The van der Waals surface area contributed by atoms with E-state index in [1.54, 1.807) is 30.3 Å². The molecule has 2 unspecified atom stereocenters. The molecule has 3 aromatic heterocycles. The van der Waals surface area contributed by atoms with Gasteiger partial charge in [-0.25, -0.2) is 18.6 Å². The van der Waals surface area contributed by atoms with Crippen molar-refractivity contribution in [3.8, 4) is 11.3 Å². The van der Waals surface area contributed by atoms with Crippen LogP contribution in [0.1, 0.15) is 34.1 Å². The SMILES string of the molecule is O=C(O)c1cccc(C2COCC(c3cccc(-c4[c-]cc(F)nc4F)n3)O2)n1.[Pt]. The summed E-state index contributed by atoms with van der Waals surface area (Å²) in [6.45, 7) is 0.413. The number of hydrogen-bond acceptors (Lipinski definition) is 6. The van der Waals surface area contributed by atoms with Gasteiger partial charge in [0.05, 0.1) is 24.6 Å². The summed E-state index contributed by atoms with van der Waals surface area (Å²) in [5.41, 5.74) is 0.969. The summed E-state index contributed by atoms with van der Waals surface area (Å²) in [5.74, 6) is -3.12. The molecule has 1 N–H and O–H groups in total. The third-order valence-electron chi connectivity index (χ3n) is 4.29. The summed E-state index contributed by atoms with van der Waals surface area (Å²) in [5, 5.41) is 9.11. The summed E-state index contributed by atoms with van der Waals surface area (Å²) in [6, 6.07) is 12.9. The van der Waals surface area contributed by atoms with Gasteiger partial charge in [0.2, 0.25) is 0 Å². The summed E-state index contributed by atoms with van der Waals surface area (Å²) in [7, 11) is 0. The number of carboxylic acids is 1. The minimum atomic E-state index is -1.14. The molecule has 10 heteroatoms. The van der Waals surface area contributed by atoms with E-state index in [2.05, 4.69) is 21.0 Å². The standard InChI is InChI=1S/C20H14F2N3O4.Pt/c21-18-8-7-11(19(22)25-18)12-3-1-4-13(23-12)16-9-28-10-17(29-16)14-5-2-6-15(24-14)20(26)27;/h1-6,8,16-17H,9-10H2,(H,26,27);/q-1;. The molecule has 3 aromatic rings. The van der Waals surface area contributed by atoms with Crippen molar-refractivity contribution in [2.75, 3.05) is 13.2 Å². The summed E-state index contributed by atoms with van der Waals surface area (Å²) < 4.78 is 38.6. The van der Waals surface area contributed by atoms with E-state index in [0.29, 0.717) is 11.4 Å². The third-order valence-corrected chi connectivity index (χ3v) is 4.29. The molecule has 0 spiro atoms. The minimum absolute atomic E-state index is 0. The molecule has 1 aliphatic heterocycles. The number of hydrogen-bond donors (Lipinski definition) is 1. The fraction of sp³-hybridized carbons (Fsp3) is 0.200. The normalized spacial score (nSPS) is 18.5. The van der Waals surface area contributed by atoms with Gasteiger partial charge in [0.25, 0.3) is 0 Å². The van der Waals surface area contributed by atoms with E-state index in [4.69, 9.17) is 14.6 Å². The van der Waals surface area contributed by atoms with Gasteiger partial charge in [-0.1, -0.05) is 29.8 Å². The van der Waals surface area contributed by atoms with E-state index in [9.17, 15) is 13.6 Å². The van der Waals surface area contributed by atoms with Crippen LogP contribution in [-0.2, 0) is 30.5 Å².